The highest BCUT2D eigenvalue weighted by Crippen LogP contribution is 2.33. The standard InChI is InChI=1S/C18H21N5O3/c1-24-12-6-7-13(14(9-12)25-2)22-17-16-18(20-10-19-17)23(11-21-16)15-5-3-4-8-26-15/h6-7,9-11,15H,3-5,8H2,1-2H3,(H,19,20,22). The van der Waals surface area contributed by atoms with Gasteiger partial charge < -0.3 is 19.5 Å². The second-order valence-electron chi connectivity index (χ2n) is 6.06. The van der Waals surface area contributed by atoms with E-state index in [1.54, 1.807) is 20.5 Å². The van der Waals surface area contributed by atoms with Gasteiger partial charge in [0.25, 0.3) is 0 Å². The number of ether oxygens (including phenoxy) is 3. The first kappa shape index (κ1) is 16.6. The topological polar surface area (TPSA) is 83.3 Å². The number of methoxy groups -OCH3 is 2. The lowest BCUT2D eigenvalue weighted by Gasteiger charge is -2.23. The van der Waals surface area contributed by atoms with Crippen molar-refractivity contribution in [2.45, 2.75) is 25.5 Å². The number of nitrogens with zero attached hydrogens (tertiary/aromatic N) is 4. The van der Waals surface area contributed by atoms with Crippen molar-refractivity contribution in [3.05, 3.63) is 30.9 Å². The Bertz CT molecular complexity index is 905. The molecule has 0 radical (unpaired) electrons. The molecular formula is C18H21N5O3. The van der Waals surface area contributed by atoms with Gasteiger partial charge in [0.15, 0.2) is 17.0 Å². The summed E-state index contributed by atoms with van der Waals surface area (Å²) in [7, 11) is 3.24. The van der Waals surface area contributed by atoms with Gasteiger partial charge in [-0.1, -0.05) is 0 Å². The second-order valence-corrected chi connectivity index (χ2v) is 6.06. The van der Waals surface area contributed by atoms with Crippen LogP contribution in [-0.4, -0.2) is 40.3 Å². The van der Waals surface area contributed by atoms with Crippen LogP contribution in [0.15, 0.2) is 30.9 Å². The van der Waals surface area contributed by atoms with Gasteiger partial charge in [-0.2, -0.15) is 0 Å². The van der Waals surface area contributed by atoms with E-state index in [9.17, 15) is 0 Å². The van der Waals surface area contributed by atoms with Crippen molar-refractivity contribution in [1.82, 2.24) is 19.5 Å². The van der Waals surface area contributed by atoms with E-state index in [-0.39, 0.29) is 6.23 Å². The number of aromatic nitrogens is 4. The Morgan fingerprint density at radius 3 is 2.85 bits per heavy atom. The number of rotatable bonds is 5. The monoisotopic (exact) mass is 355 g/mol. The summed E-state index contributed by atoms with van der Waals surface area (Å²) in [5.74, 6) is 2.00. The van der Waals surface area contributed by atoms with Gasteiger partial charge in [-0.05, 0) is 31.4 Å². The molecule has 136 valence electrons. The van der Waals surface area contributed by atoms with Crippen LogP contribution in [0.3, 0.4) is 0 Å². The Kier molecular flexibility index (Phi) is 4.57. The van der Waals surface area contributed by atoms with E-state index in [4.69, 9.17) is 14.2 Å². The van der Waals surface area contributed by atoms with Gasteiger partial charge in [-0.3, -0.25) is 4.57 Å². The van der Waals surface area contributed by atoms with Gasteiger partial charge in [0.1, 0.15) is 24.1 Å². The Labute approximate surface area is 151 Å². The van der Waals surface area contributed by atoms with Gasteiger partial charge in [-0.25, -0.2) is 15.0 Å². The molecular weight excluding hydrogens is 334 g/mol. The molecule has 3 aromatic rings. The fourth-order valence-electron chi connectivity index (χ4n) is 3.13. The zero-order valence-electron chi connectivity index (χ0n) is 14.8. The molecule has 1 unspecified atom stereocenters. The summed E-state index contributed by atoms with van der Waals surface area (Å²) in [6.07, 6.45) is 6.48. The van der Waals surface area contributed by atoms with Crippen LogP contribution in [0.5, 0.6) is 11.5 Å². The first-order chi connectivity index (χ1) is 12.8. The molecule has 3 heterocycles. The van der Waals surface area contributed by atoms with Crippen LogP contribution in [0.2, 0.25) is 0 Å². The van der Waals surface area contributed by atoms with E-state index in [2.05, 4.69) is 20.3 Å². The molecule has 1 atom stereocenters. The molecule has 8 nitrogen and oxygen atoms in total. The van der Waals surface area contributed by atoms with Gasteiger partial charge in [0.05, 0.1) is 26.2 Å². The van der Waals surface area contributed by atoms with Crippen LogP contribution in [-0.2, 0) is 4.74 Å². The van der Waals surface area contributed by atoms with E-state index in [1.807, 2.05) is 22.8 Å². The van der Waals surface area contributed by atoms with Crippen LogP contribution in [0.1, 0.15) is 25.5 Å². The minimum absolute atomic E-state index is 0.0213. The molecule has 8 heteroatoms. The Morgan fingerprint density at radius 1 is 1.15 bits per heavy atom. The molecule has 2 aromatic heterocycles. The number of benzene rings is 1. The molecule has 0 spiro atoms. The van der Waals surface area contributed by atoms with Crippen LogP contribution < -0.4 is 14.8 Å². The summed E-state index contributed by atoms with van der Waals surface area (Å²) in [5, 5.41) is 3.29. The summed E-state index contributed by atoms with van der Waals surface area (Å²) >= 11 is 0. The lowest BCUT2D eigenvalue weighted by molar-refractivity contribution is -0.0298. The molecule has 1 aliphatic rings. The highest BCUT2D eigenvalue weighted by Gasteiger charge is 2.20. The zero-order chi connectivity index (χ0) is 17.9. The van der Waals surface area contributed by atoms with Crippen molar-refractivity contribution in [2.75, 3.05) is 26.1 Å². The van der Waals surface area contributed by atoms with Crippen molar-refractivity contribution in [2.24, 2.45) is 0 Å². The van der Waals surface area contributed by atoms with Crippen molar-refractivity contribution in [1.29, 1.82) is 0 Å². The molecule has 26 heavy (non-hydrogen) atoms. The summed E-state index contributed by atoms with van der Waals surface area (Å²) in [4.78, 5) is 13.3. The van der Waals surface area contributed by atoms with Crippen LogP contribution in [0.4, 0.5) is 11.5 Å². The third-order valence-electron chi connectivity index (χ3n) is 4.49. The van der Waals surface area contributed by atoms with Crippen LogP contribution in [0.25, 0.3) is 11.2 Å². The minimum Gasteiger partial charge on any atom is -0.497 e. The molecule has 0 amide bonds. The minimum atomic E-state index is -0.0213. The summed E-state index contributed by atoms with van der Waals surface area (Å²) < 4.78 is 18.5. The summed E-state index contributed by atoms with van der Waals surface area (Å²) in [6.45, 7) is 0.767. The second kappa shape index (κ2) is 7.17. The maximum Gasteiger partial charge on any atom is 0.167 e. The third-order valence-corrected chi connectivity index (χ3v) is 4.49. The van der Waals surface area contributed by atoms with Gasteiger partial charge >= 0.3 is 0 Å². The SMILES string of the molecule is COc1ccc(Nc2ncnc3c2ncn3C2CCCCO2)c(OC)c1. The fraction of sp³-hybridized carbons (Fsp3) is 0.389. The van der Waals surface area contributed by atoms with Gasteiger partial charge in [0, 0.05) is 12.7 Å². The number of anilines is 2. The number of hydrogen-bond acceptors (Lipinski definition) is 7. The predicted octanol–water partition coefficient (Wildman–Crippen LogP) is 3.29. The Balaban J connectivity index is 1.68. The lowest BCUT2D eigenvalue weighted by Crippen LogP contribution is -2.17. The number of imidazole rings is 1. The third kappa shape index (κ3) is 3.03. The quantitative estimate of drug-likeness (QED) is 0.752. The predicted molar refractivity (Wildman–Crippen MR) is 97.0 cm³/mol. The Hall–Kier alpha value is -2.87. The average Bonchev–Trinajstić information content (AvgIpc) is 3.14. The van der Waals surface area contributed by atoms with Crippen molar-refractivity contribution < 1.29 is 14.2 Å². The fourth-order valence-corrected chi connectivity index (χ4v) is 3.13. The number of fused-ring (bicyclic) bond motifs is 1. The van der Waals surface area contributed by atoms with E-state index in [1.165, 1.54) is 6.33 Å². The van der Waals surface area contributed by atoms with E-state index >= 15 is 0 Å². The van der Waals surface area contributed by atoms with Gasteiger partial charge in [0.2, 0.25) is 0 Å². The first-order valence-electron chi connectivity index (χ1n) is 8.58. The van der Waals surface area contributed by atoms with Crippen molar-refractivity contribution in [3.63, 3.8) is 0 Å². The highest BCUT2D eigenvalue weighted by molar-refractivity contribution is 5.86. The average molecular weight is 355 g/mol. The first-order valence-corrected chi connectivity index (χ1v) is 8.58. The van der Waals surface area contributed by atoms with Gasteiger partial charge in [-0.15, -0.1) is 0 Å². The summed E-state index contributed by atoms with van der Waals surface area (Å²) in [5.41, 5.74) is 2.22. The number of nitrogens with one attached hydrogen (secondary N) is 1. The molecule has 1 fully saturated rings. The Morgan fingerprint density at radius 2 is 2.08 bits per heavy atom. The van der Waals surface area contributed by atoms with Crippen molar-refractivity contribution in [3.8, 4) is 11.5 Å². The smallest absolute Gasteiger partial charge is 0.167 e. The molecule has 0 aliphatic carbocycles. The maximum absolute atomic E-state index is 5.86. The number of hydrogen-bond donors (Lipinski definition) is 1. The molecule has 0 bridgehead atoms. The molecule has 1 aromatic carbocycles. The van der Waals surface area contributed by atoms with Crippen LogP contribution in [0, 0.1) is 0 Å². The van der Waals surface area contributed by atoms with E-state index in [0.29, 0.717) is 17.1 Å². The molecule has 4 rings (SSSR count). The lowest BCUT2D eigenvalue weighted by atomic mass is 10.2. The molecule has 1 N–H and O–H groups in total. The van der Waals surface area contributed by atoms with E-state index < -0.39 is 0 Å². The largest absolute Gasteiger partial charge is 0.497 e. The maximum atomic E-state index is 5.86. The normalized spacial score (nSPS) is 17.2. The molecule has 1 aliphatic heterocycles. The molecule has 0 saturated carbocycles. The van der Waals surface area contributed by atoms with Crippen LogP contribution >= 0.6 is 0 Å². The highest BCUT2D eigenvalue weighted by atomic mass is 16.5. The zero-order valence-corrected chi connectivity index (χ0v) is 14.8. The molecule has 1 saturated heterocycles. The van der Waals surface area contributed by atoms with Crippen molar-refractivity contribution >= 4 is 22.7 Å². The van der Waals surface area contributed by atoms with E-state index in [0.717, 1.165) is 43.0 Å². The summed E-state index contributed by atoms with van der Waals surface area (Å²) in [6, 6.07) is 5.56.